The molecular weight excluding hydrogens is 162 g/mol. The molecule has 3 nitrogen and oxygen atoms in total. The number of H-pyrrole nitrogens is 1. The van der Waals surface area contributed by atoms with Gasteiger partial charge in [0, 0.05) is 11.8 Å². The average Bonchev–Trinajstić information content (AvgIpc) is 2.51. The summed E-state index contributed by atoms with van der Waals surface area (Å²) in [6, 6.07) is 0. The first-order valence-corrected chi connectivity index (χ1v) is 4.28. The third kappa shape index (κ3) is 2.29. The molecule has 0 aliphatic heterocycles. The minimum atomic E-state index is 0.826. The summed E-state index contributed by atoms with van der Waals surface area (Å²) in [6.07, 6.45) is 5.88. The van der Waals surface area contributed by atoms with E-state index < -0.39 is 0 Å². The Morgan fingerprint density at radius 1 is 1.77 bits per heavy atom. The van der Waals surface area contributed by atoms with Gasteiger partial charge in [0.05, 0.1) is 11.5 Å². The second-order valence-corrected chi connectivity index (χ2v) is 2.82. The van der Waals surface area contributed by atoms with Crippen molar-refractivity contribution >= 4 is 12.2 Å². The largest absolute Gasteiger partial charge is 0.316 e. The number of rotatable bonds is 3. The number of nitrogens with one attached hydrogen (secondary N) is 2. The monoisotopic (exact) mass is 177 g/mol. The molecule has 0 bridgehead atoms. The van der Waals surface area contributed by atoms with Crippen LogP contribution in [0.15, 0.2) is 18.3 Å². The van der Waals surface area contributed by atoms with Gasteiger partial charge in [-0.15, -0.1) is 0 Å². The van der Waals surface area contributed by atoms with Crippen LogP contribution >= 0.6 is 0 Å². The Morgan fingerprint density at radius 3 is 3.00 bits per heavy atom. The van der Waals surface area contributed by atoms with Crippen LogP contribution in [0.3, 0.4) is 0 Å². The summed E-state index contributed by atoms with van der Waals surface area (Å²) >= 11 is 0. The zero-order valence-corrected chi connectivity index (χ0v) is 8.09. The van der Waals surface area contributed by atoms with Crippen LogP contribution in [0, 0.1) is 0 Å². The van der Waals surface area contributed by atoms with Crippen molar-refractivity contribution in [3.8, 4) is 0 Å². The maximum Gasteiger partial charge on any atom is 0.0581 e. The van der Waals surface area contributed by atoms with Crippen molar-refractivity contribution < 1.29 is 0 Å². The first-order chi connectivity index (χ1) is 6.29. The average molecular weight is 177 g/mol. The maximum absolute atomic E-state index is 3.94. The van der Waals surface area contributed by atoms with E-state index in [2.05, 4.69) is 28.2 Å². The van der Waals surface area contributed by atoms with Crippen molar-refractivity contribution in [1.82, 2.24) is 15.5 Å². The fourth-order valence-corrected chi connectivity index (χ4v) is 1.23. The quantitative estimate of drug-likeness (QED) is 0.669. The lowest BCUT2D eigenvalue weighted by Crippen LogP contribution is -2.26. The predicted octanol–water partition coefficient (Wildman–Crippen LogP) is -0.234. The van der Waals surface area contributed by atoms with E-state index in [-0.39, 0.29) is 0 Å². The zero-order chi connectivity index (χ0) is 9.68. The third-order valence-electron chi connectivity index (χ3n) is 1.80. The standard InChI is InChI=1S/C10H15N3/c1-4-5-9(6-11-3)10-7-12-13-8(10)2/h4-5,7,11,13H,2,6H2,1,3H3/b5-4-,10-9+. The highest BCUT2D eigenvalue weighted by Gasteiger charge is 1.94. The Hall–Kier alpha value is -1.35. The highest BCUT2D eigenvalue weighted by molar-refractivity contribution is 5.57. The number of aromatic nitrogens is 2. The van der Waals surface area contributed by atoms with Gasteiger partial charge >= 0.3 is 0 Å². The van der Waals surface area contributed by atoms with Crippen molar-refractivity contribution in [2.24, 2.45) is 0 Å². The van der Waals surface area contributed by atoms with Crippen molar-refractivity contribution in [2.45, 2.75) is 6.92 Å². The van der Waals surface area contributed by atoms with E-state index in [0.29, 0.717) is 0 Å². The molecule has 0 saturated carbocycles. The molecule has 1 rings (SSSR count). The first-order valence-electron chi connectivity index (χ1n) is 4.28. The third-order valence-corrected chi connectivity index (χ3v) is 1.80. The lowest BCUT2D eigenvalue weighted by Gasteiger charge is -1.98. The zero-order valence-electron chi connectivity index (χ0n) is 8.09. The molecule has 0 spiro atoms. The SMILES string of the molecule is C=c1[nH]nc/c1=C(/C=C\C)CNC. The van der Waals surface area contributed by atoms with E-state index in [4.69, 9.17) is 0 Å². The van der Waals surface area contributed by atoms with Gasteiger partial charge in [0.1, 0.15) is 0 Å². The molecule has 2 N–H and O–H groups in total. The van der Waals surface area contributed by atoms with Gasteiger partial charge in [0.15, 0.2) is 0 Å². The fourth-order valence-electron chi connectivity index (χ4n) is 1.23. The van der Waals surface area contributed by atoms with E-state index in [1.54, 1.807) is 6.20 Å². The summed E-state index contributed by atoms with van der Waals surface area (Å²) < 4.78 is 0. The molecule has 0 atom stereocenters. The molecular formula is C10H15N3. The van der Waals surface area contributed by atoms with Crippen LogP contribution in [0.5, 0.6) is 0 Å². The van der Waals surface area contributed by atoms with Crippen molar-refractivity contribution in [3.05, 3.63) is 28.9 Å². The van der Waals surface area contributed by atoms with Crippen LogP contribution < -0.4 is 15.9 Å². The van der Waals surface area contributed by atoms with Crippen LogP contribution in [-0.2, 0) is 0 Å². The molecule has 0 aliphatic carbocycles. The smallest absolute Gasteiger partial charge is 0.0581 e. The number of allylic oxidation sites excluding steroid dienone is 1. The van der Waals surface area contributed by atoms with Gasteiger partial charge in [-0.1, -0.05) is 18.7 Å². The second kappa shape index (κ2) is 4.62. The Labute approximate surface area is 77.9 Å². The van der Waals surface area contributed by atoms with E-state index in [0.717, 1.165) is 17.1 Å². The fraction of sp³-hybridized carbons (Fsp3) is 0.300. The summed E-state index contributed by atoms with van der Waals surface area (Å²) in [7, 11) is 1.92. The van der Waals surface area contributed by atoms with Gasteiger partial charge in [-0.3, -0.25) is 5.10 Å². The van der Waals surface area contributed by atoms with Gasteiger partial charge in [-0.2, -0.15) is 5.10 Å². The molecule has 0 fully saturated rings. The molecule has 70 valence electrons. The first kappa shape index (κ1) is 9.74. The Bertz CT molecular complexity index is 387. The molecule has 0 saturated heterocycles. The number of aromatic amines is 1. The highest BCUT2D eigenvalue weighted by Crippen LogP contribution is 1.91. The molecule has 0 aliphatic rings. The van der Waals surface area contributed by atoms with Gasteiger partial charge in [0.25, 0.3) is 0 Å². The van der Waals surface area contributed by atoms with E-state index in [1.807, 2.05) is 20.0 Å². The van der Waals surface area contributed by atoms with Gasteiger partial charge < -0.3 is 5.32 Å². The molecule has 1 heterocycles. The van der Waals surface area contributed by atoms with E-state index in [9.17, 15) is 0 Å². The van der Waals surface area contributed by atoms with E-state index in [1.165, 1.54) is 5.57 Å². The minimum absolute atomic E-state index is 0.826. The second-order valence-electron chi connectivity index (χ2n) is 2.82. The number of hydrogen-bond acceptors (Lipinski definition) is 2. The minimum Gasteiger partial charge on any atom is -0.316 e. The molecule has 0 unspecified atom stereocenters. The summed E-state index contributed by atoms with van der Waals surface area (Å²) in [5, 5.41) is 11.8. The number of hydrogen-bond donors (Lipinski definition) is 2. The summed E-state index contributed by atoms with van der Waals surface area (Å²) in [5.41, 5.74) is 1.20. The summed E-state index contributed by atoms with van der Waals surface area (Å²) in [6.45, 7) is 6.69. The molecule has 0 radical (unpaired) electrons. The Kier molecular flexibility index (Phi) is 3.46. The van der Waals surface area contributed by atoms with Crippen LogP contribution in [0.1, 0.15) is 6.92 Å². The maximum atomic E-state index is 3.94. The normalized spacial score (nSPS) is 13.7. The van der Waals surface area contributed by atoms with Gasteiger partial charge in [-0.05, 0) is 19.5 Å². The van der Waals surface area contributed by atoms with Gasteiger partial charge in [-0.25, -0.2) is 0 Å². The van der Waals surface area contributed by atoms with E-state index >= 15 is 0 Å². The lowest BCUT2D eigenvalue weighted by molar-refractivity contribution is 0.931. The molecule has 0 amide bonds. The van der Waals surface area contributed by atoms with Crippen LogP contribution in [-0.4, -0.2) is 23.8 Å². The highest BCUT2D eigenvalue weighted by atomic mass is 15.1. The molecule has 1 aromatic heterocycles. The molecule has 1 aromatic rings. The van der Waals surface area contributed by atoms with Crippen molar-refractivity contribution in [1.29, 1.82) is 0 Å². The van der Waals surface area contributed by atoms with Crippen LogP contribution in [0.25, 0.3) is 12.2 Å². The Balaban J connectivity index is 3.25. The predicted molar refractivity (Wildman–Crippen MR) is 55.5 cm³/mol. The van der Waals surface area contributed by atoms with Crippen LogP contribution in [0.4, 0.5) is 0 Å². The summed E-state index contributed by atoms with van der Waals surface area (Å²) in [5.74, 6) is 0. The Morgan fingerprint density at radius 2 is 2.54 bits per heavy atom. The molecule has 3 heteroatoms. The van der Waals surface area contributed by atoms with Gasteiger partial charge in [0.2, 0.25) is 0 Å². The lowest BCUT2D eigenvalue weighted by atomic mass is 10.2. The number of nitrogens with zero attached hydrogens (tertiary/aromatic N) is 1. The van der Waals surface area contributed by atoms with Crippen LogP contribution in [0.2, 0.25) is 0 Å². The van der Waals surface area contributed by atoms with Crippen molar-refractivity contribution in [2.75, 3.05) is 13.6 Å². The molecule has 13 heavy (non-hydrogen) atoms. The summed E-state index contributed by atoms with van der Waals surface area (Å²) in [4.78, 5) is 0. The van der Waals surface area contributed by atoms with Crippen molar-refractivity contribution in [3.63, 3.8) is 0 Å². The molecule has 0 aromatic carbocycles. The topological polar surface area (TPSA) is 40.7 Å².